The number of aromatic nitrogens is 1. The van der Waals surface area contributed by atoms with Gasteiger partial charge in [-0.2, -0.15) is 0 Å². The van der Waals surface area contributed by atoms with Crippen LogP contribution < -0.4 is 9.47 Å². The van der Waals surface area contributed by atoms with E-state index in [1.807, 2.05) is 20.8 Å². The van der Waals surface area contributed by atoms with Crippen molar-refractivity contribution in [2.75, 3.05) is 0 Å². The molecule has 0 bridgehead atoms. The highest BCUT2D eigenvalue weighted by Crippen LogP contribution is 2.34. The smallest absolute Gasteiger partial charge is 0.257 e. The number of ether oxygens (including phenoxy) is 2. The monoisotopic (exact) mass is 235 g/mol. The molecule has 0 saturated heterocycles. The van der Waals surface area contributed by atoms with E-state index in [0.717, 1.165) is 19.1 Å². The van der Waals surface area contributed by atoms with Crippen molar-refractivity contribution in [1.29, 1.82) is 0 Å². The van der Waals surface area contributed by atoms with Crippen LogP contribution in [0, 0.1) is 0 Å². The van der Waals surface area contributed by atoms with Gasteiger partial charge in [0.25, 0.3) is 5.88 Å². The summed E-state index contributed by atoms with van der Waals surface area (Å²) in [6.07, 6.45) is 4.61. The van der Waals surface area contributed by atoms with E-state index in [4.69, 9.17) is 9.47 Å². The Labute approximate surface area is 101 Å². The Morgan fingerprint density at radius 1 is 1.41 bits per heavy atom. The molecule has 0 aromatic carbocycles. The van der Waals surface area contributed by atoms with Gasteiger partial charge < -0.3 is 9.47 Å². The fraction of sp³-hybridized carbons (Fsp3) is 0.538. The summed E-state index contributed by atoms with van der Waals surface area (Å²) in [6.45, 7) is 5.84. The lowest BCUT2D eigenvalue weighted by Gasteiger charge is -2.22. The molecule has 0 unspecified atom stereocenters. The van der Waals surface area contributed by atoms with E-state index in [1.165, 1.54) is 6.20 Å². The van der Waals surface area contributed by atoms with Gasteiger partial charge in [-0.15, -0.1) is 0 Å². The second kappa shape index (κ2) is 4.35. The highest BCUT2D eigenvalue weighted by Gasteiger charge is 2.26. The first kappa shape index (κ1) is 11.9. The minimum absolute atomic E-state index is 0.251. The highest BCUT2D eigenvalue weighted by atomic mass is 16.5. The Morgan fingerprint density at radius 2 is 2.12 bits per heavy atom. The number of carbonyl (C=O) groups is 1. The van der Waals surface area contributed by atoms with Gasteiger partial charge in [-0.05, 0) is 39.7 Å². The molecule has 1 heterocycles. The van der Waals surface area contributed by atoms with Gasteiger partial charge in [-0.25, -0.2) is 4.98 Å². The first-order valence-corrected chi connectivity index (χ1v) is 5.79. The Kier molecular flexibility index (Phi) is 3.05. The van der Waals surface area contributed by atoms with Crippen molar-refractivity contribution < 1.29 is 14.3 Å². The second-order valence-corrected chi connectivity index (χ2v) is 5.22. The number of hydrogen-bond donors (Lipinski definition) is 0. The molecule has 0 atom stereocenters. The standard InChI is InChI=1S/C13H17NO3/c1-13(2,3)17-12-11(16-10-4-5-10)6-9(8-15)7-14-12/h6-8,10H,4-5H2,1-3H3. The molecule has 17 heavy (non-hydrogen) atoms. The van der Waals surface area contributed by atoms with Crippen molar-refractivity contribution in [2.24, 2.45) is 0 Å². The molecule has 4 nitrogen and oxygen atoms in total. The quantitative estimate of drug-likeness (QED) is 0.753. The summed E-state index contributed by atoms with van der Waals surface area (Å²) in [6, 6.07) is 1.68. The molecular weight excluding hydrogens is 218 g/mol. The first-order valence-electron chi connectivity index (χ1n) is 5.79. The van der Waals surface area contributed by atoms with Gasteiger partial charge in [-0.1, -0.05) is 0 Å². The molecule has 1 aromatic heterocycles. The van der Waals surface area contributed by atoms with Crippen LogP contribution in [0.4, 0.5) is 0 Å². The average Bonchev–Trinajstić information content (AvgIpc) is 3.02. The number of hydrogen-bond acceptors (Lipinski definition) is 4. The van der Waals surface area contributed by atoms with Gasteiger partial charge in [-0.3, -0.25) is 4.79 Å². The van der Waals surface area contributed by atoms with Gasteiger partial charge >= 0.3 is 0 Å². The first-order chi connectivity index (χ1) is 7.98. The summed E-state index contributed by atoms with van der Waals surface area (Å²) in [4.78, 5) is 14.9. The van der Waals surface area contributed by atoms with Crippen molar-refractivity contribution in [3.05, 3.63) is 17.8 Å². The Hall–Kier alpha value is -1.58. The van der Waals surface area contributed by atoms with E-state index >= 15 is 0 Å². The van der Waals surface area contributed by atoms with Gasteiger partial charge in [0.2, 0.25) is 0 Å². The molecule has 1 saturated carbocycles. The maximum atomic E-state index is 10.7. The molecule has 1 fully saturated rings. The molecule has 0 amide bonds. The van der Waals surface area contributed by atoms with Gasteiger partial charge in [0, 0.05) is 11.8 Å². The fourth-order valence-electron chi connectivity index (χ4n) is 1.33. The zero-order valence-electron chi connectivity index (χ0n) is 10.4. The minimum Gasteiger partial charge on any atom is -0.485 e. The number of carbonyl (C=O) groups excluding carboxylic acids is 1. The zero-order valence-corrected chi connectivity index (χ0v) is 10.4. The highest BCUT2D eigenvalue weighted by molar-refractivity contribution is 5.75. The number of pyridine rings is 1. The maximum Gasteiger partial charge on any atom is 0.257 e. The lowest BCUT2D eigenvalue weighted by Crippen LogP contribution is -2.24. The van der Waals surface area contributed by atoms with Crippen molar-refractivity contribution in [1.82, 2.24) is 4.98 Å². The summed E-state index contributed by atoms with van der Waals surface area (Å²) in [7, 11) is 0. The summed E-state index contributed by atoms with van der Waals surface area (Å²) < 4.78 is 11.4. The average molecular weight is 235 g/mol. The molecule has 0 spiro atoms. The lowest BCUT2D eigenvalue weighted by molar-refractivity contribution is 0.111. The normalized spacial score (nSPS) is 15.5. The topological polar surface area (TPSA) is 48.4 Å². The third-order valence-corrected chi connectivity index (χ3v) is 2.20. The van der Waals surface area contributed by atoms with Crippen LogP contribution in [0.5, 0.6) is 11.6 Å². The van der Waals surface area contributed by atoms with Crippen molar-refractivity contribution >= 4 is 6.29 Å². The predicted molar refractivity (Wildman–Crippen MR) is 63.7 cm³/mol. The maximum absolute atomic E-state index is 10.7. The van der Waals surface area contributed by atoms with Crippen molar-refractivity contribution in [3.8, 4) is 11.6 Å². The molecule has 2 rings (SSSR count). The van der Waals surface area contributed by atoms with E-state index in [2.05, 4.69) is 4.98 Å². The largest absolute Gasteiger partial charge is 0.485 e. The third-order valence-electron chi connectivity index (χ3n) is 2.20. The summed E-state index contributed by atoms with van der Waals surface area (Å²) in [5.41, 5.74) is 0.166. The van der Waals surface area contributed by atoms with E-state index < -0.39 is 0 Å². The fourth-order valence-corrected chi connectivity index (χ4v) is 1.33. The second-order valence-electron chi connectivity index (χ2n) is 5.22. The zero-order chi connectivity index (χ0) is 12.5. The van der Waals surface area contributed by atoms with Crippen LogP contribution in [0.2, 0.25) is 0 Å². The van der Waals surface area contributed by atoms with Crippen LogP contribution in [0.3, 0.4) is 0 Å². The summed E-state index contributed by atoms with van der Waals surface area (Å²) in [5, 5.41) is 0. The van der Waals surface area contributed by atoms with E-state index in [1.54, 1.807) is 6.07 Å². The van der Waals surface area contributed by atoms with Crippen LogP contribution in [-0.2, 0) is 0 Å². The predicted octanol–water partition coefficient (Wildman–Crippen LogP) is 2.61. The molecule has 0 radical (unpaired) electrons. The number of nitrogens with zero attached hydrogens (tertiary/aromatic N) is 1. The summed E-state index contributed by atoms with van der Waals surface area (Å²) in [5.74, 6) is 1.02. The Morgan fingerprint density at radius 3 is 2.65 bits per heavy atom. The molecule has 0 aliphatic heterocycles. The van der Waals surface area contributed by atoms with Crippen LogP contribution in [0.1, 0.15) is 44.0 Å². The van der Waals surface area contributed by atoms with E-state index in [0.29, 0.717) is 17.2 Å². The third kappa shape index (κ3) is 3.44. The molecule has 0 N–H and O–H groups in total. The van der Waals surface area contributed by atoms with Gasteiger partial charge in [0.1, 0.15) is 5.60 Å². The molecule has 1 aromatic rings. The van der Waals surface area contributed by atoms with Crippen LogP contribution >= 0.6 is 0 Å². The Balaban J connectivity index is 2.24. The molecular formula is C13H17NO3. The van der Waals surface area contributed by atoms with Crippen LogP contribution in [-0.4, -0.2) is 23.0 Å². The lowest BCUT2D eigenvalue weighted by atomic mass is 10.2. The van der Waals surface area contributed by atoms with E-state index in [9.17, 15) is 4.79 Å². The number of aldehydes is 1. The molecule has 4 heteroatoms. The van der Waals surface area contributed by atoms with E-state index in [-0.39, 0.29) is 11.7 Å². The van der Waals surface area contributed by atoms with Gasteiger partial charge in [0.05, 0.1) is 6.10 Å². The van der Waals surface area contributed by atoms with Crippen LogP contribution in [0.25, 0.3) is 0 Å². The molecule has 1 aliphatic carbocycles. The minimum atomic E-state index is -0.336. The number of rotatable bonds is 4. The van der Waals surface area contributed by atoms with Crippen molar-refractivity contribution in [3.63, 3.8) is 0 Å². The van der Waals surface area contributed by atoms with Gasteiger partial charge in [0.15, 0.2) is 12.0 Å². The Bertz CT molecular complexity index is 419. The summed E-state index contributed by atoms with van der Waals surface area (Å²) >= 11 is 0. The molecule has 92 valence electrons. The van der Waals surface area contributed by atoms with Crippen molar-refractivity contribution in [2.45, 2.75) is 45.3 Å². The van der Waals surface area contributed by atoms with Crippen LogP contribution in [0.15, 0.2) is 12.3 Å². The molecule has 1 aliphatic rings. The SMILES string of the molecule is CC(C)(C)Oc1ncc(C=O)cc1OC1CC1.